The van der Waals surface area contributed by atoms with E-state index in [1.165, 1.54) is 4.90 Å². The molecule has 1 heterocycles. The molecule has 0 bridgehead atoms. The van der Waals surface area contributed by atoms with Crippen LogP contribution in [0.2, 0.25) is 0 Å². The predicted molar refractivity (Wildman–Crippen MR) is 92.2 cm³/mol. The van der Waals surface area contributed by atoms with Crippen LogP contribution in [0, 0.1) is 0 Å². The maximum atomic E-state index is 11.1. The molecule has 1 fully saturated rings. The first-order valence-corrected chi connectivity index (χ1v) is 8.13. The molecule has 0 saturated carbocycles. The van der Waals surface area contributed by atoms with Gasteiger partial charge in [-0.15, -0.1) is 0 Å². The number of para-hydroxylation sites is 1. The number of benzene rings is 2. The van der Waals surface area contributed by atoms with Crippen molar-refractivity contribution < 1.29 is 24.5 Å². The highest BCUT2D eigenvalue weighted by Gasteiger charge is 2.37. The Morgan fingerprint density at radius 1 is 1.04 bits per heavy atom. The molecule has 1 saturated heterocycles. The average Bonchev–Trinajstić information content (AvgIpc) is 2.63. The van der Waals surface area contributed by atoms with E-state index in [1.54, 1.807) is 37.4 Å². The van der Waals surface area contributed by atoms with E-state index in [2.05, 4.69) is 0 Å². The molecule has 3 rings (SSSR count). The lowest BCUT2D eigenvalue weighted by Crippen LogP contribution is -2.44. The molecule has 132 valence electrons. The van der Waals surface area contributed by atoms with Crippen molar-refractivity contribution in [2.75, 3.05) is 20.2 Å². The summed E-state index contributed by atoms with van der Waals surface area (Å²) in [5.74, 6) is 1.94. The van der Waals surface area contributed by atoms with E-state index in [-0.39, 0.29) is 0 Å². The molecule has 2 aromatic carbocycles. The quantitative estimate of drug-likeness (QED) is 0.889. The second-order valence-corrected chi connectivity index (χ2v) is 6.07. The van der Waals surface area contributed by atoms with E-state index in [9.17, 15) is 9.90 Å². The van der Waals surface area contributed by atoms with E-state index in [0.29, 0.717) is 43.0 Å². The molecule has 0 atom stereocenters. The predicted octanol–water partition coefficient (Wildman–Crippen LogP) is 3.45. The second-order valence-electron chi connectivity index (χ2n) is 6.07. The van der Waals surface area contributed by atoms with Crippen LogP contribution in [-0.4, -0.2) is 41.4 Å². The summed E-state index contributed by atoms with van der Waals surface area (Å²) in [4.78, 5) is 12.4. The fraction of sp³-hybridized carbons (Fsp3) is 0.316. The Hall–Kier alpha value is -2.73. The zero-order chi connectivity index (χ0) is 17.9. The zero-order valence-electron chi connectivity index (χ0n) is 14.0. The first-order valence-electron chi connectivity index (χ1n) is 8.13. The lowest BCUT2D eigenvalue weighted by Gasteiger charge is -2.37. The summed E-state index contributed by atoms with van der Waals surface area (Å²) in [6.07, 6.45) is -0.283. The molecule has 2 N–H and O–H groups in total. The Bertz CT molecular complexity index is 736. The highest BCUT2D eigenvalue weighted by Crippen LogP contribution is 2.39. The Kier molecular flexibility index (Phi) is 4.81. The van der Waals surface area contributed by atoms with Crippen molar-refractivity contribution in [3.05, 3.63) is 54.1 Å². The van der Waals surface area contributed by atoms with Gasteiger partial charge in [-0.3, -0.25) is 0 Å². The number of likely N-dealkylation sites (tertiary alicyclic amines) is 1. The Labute approximate surface area is 146 Å². The number of amides is 1. The molecule has 0 aromatic heterocycles. The van der Waals surface area contributed by atoms with Gasteiger partial charge in [0.25, 0.3) is 0 Å². The summed E-state index contributed by atoms with van der Waals surface area (Å²) in [7, 11) is 1.60. The van der Waals surface area contributed by atoms with Crippen LogP contribution in [0.3, 0.4) is 0 Å². The third-order valence-electron chi connectivity index (χ3n) is 4.54. The molecular weight excluding hydrogens is 322 g/mol. The number of hydrogen-bond donors (Lipinski definition) is 2. The normalized spacial score (nSPS) is 16.3. The maximum Gasteiger partial charge on any atom is 0.407 e. The van der Waals surface area contributed by atoms with Crippen molar-refractivity contribution >= 4 is 6.09 Å². The number of ether oxygens (including phenoxy) is 2. The summed E-state index contributed by atoms with van der Waals surface area (Å²) < 4.78 is 11.1. The van der Waals surface area contributed by atoms with Gasteiger partial charge in [0.15, 0.2) is 0 Å². The Morgan fingerprint density at radius 2 is 1.64 bits per heavy atom. The smallest absolute Gasteiger partial charge is 0.407 e. The van der Waals surface area contributed by atoms with E-state index in [1.807, 2.05) is 18.2 Å². The fourth-order valence-electron chi connectivity index (χ4n) is 3.05. The molecule has 1 amide bonds. The minimum Gasteiger partial charge on any atom is -0.497 e. The van der Waals surface area contributed by atoms with Gasteiger partial charge < -0.3 is 24.6 Å². The SMILES string of the molecule is COc1ccc(Oc2ccccc2C2(O)CCN(C(=O)O)CC2)cc1. The van der Waals surface area contributed by atoms with Crippen molar-refractivity contribution in [1.82, 2.24) is 4.90 Å². The molecule has 0 aliphatic carbocycles. The summed E-state index contributed by atoms with van der Waals surface area (Å²) >= 11 is 0. The Balaban J connectivity index is 1.82. The monoisotopic (exact) mass is 343 g/mol. The van der Waals surface area contributed by atoms with Gasteiger partial charge in [0.1, 0.15) is 17.2 Å². The van der Waals surface area contributed by atoms with E-state index < -0.39 is 11.7 Å². The van der Waals surface area contributed by atoms with Crippen molar-refractivity contribution in [2.24, 2.45) is 0 Å². The van der Waals surface area contributed by atoms with Gasteiger partial charge in [-0.2, -0.15) is 0 Å². The standard InChI is InChI=1S/C19H21NO5/c1-24-14-6-8-15(9-7-14)25-17-5-3-2-4-16(17)19(23)10-12-20(13-11-19)18(21)22/h2-9,23H,10-13H2,1H3,(H,21,22). The largest absolute Gasteiger partial charge is 0.497 e. The highest BCUT2D eigenvalue weighted by atomic mass is 16.5. The van der Waals surface area contributed by atoms with Crippen molar-refractivity contribution in [1.29, 1.82) is 0 Å². The minimum absolute atomic E-state index is 0.294. The van der Waals surface area contributed by atoms with Crippen molar-refractivity contribution in [2.45, 2.75) is 18.4 Å². The van der Waals surface area contributed by atoms with Gasteiger partial charge in [-0.25, -0.2) is 4.79 Å². The highest BCUT2D eigenvalue weighted by molar-refractivity contribution is 5.65. The van der Waals surface area contributed by atoms with Gasteiger partial charge in [0, 0.05) is 18.7 Å². The van der Waals surface area contributed by atoms with Crippen LogP contribution in [0.15, 0.2) is 48.5 Å². The number of carboxylic acid groups (broad SMARTS) is 1. The third kappa shape index (κ3) is 3.69. The topological polar surface area (TPSA) is 79.2 Å². The van der Waals surface area contributed by atoms with Crippen LogP contribution in [0.4, 0.5) is 4.79 Å². The summed E-state index contributed by atoms with van der Waals surface area (Å²) in [5.41, 5.74) is -0.425. The van der Waals surface area contributed by atoms with Crippen molar-refractivity contribution in [3.8, 4) is 17.2 Å². The molecule has 6 heteroatoms. The van der Waals surface area contributed by atoms with E-state index >= 15 is 0 Å². The summed E-state index contributed by atoms with van der Waals surface area (Å²) in [6, 6.07) is 14.5. The third-order valence-corrected chi connectivity index (χ3v) is 4.54. The van der Waals surface area contributed by atoms with Crippen LogP contribution in [-0.2, 0) is 5.60 Å². The van der Waals surface area contributed by atoms with Crippen LogP contribution in [0.25, 0.3) is 0 Å². The van der Waals surface area contributed by atoms with Gasteiger partial charge in [-0.05, 0) is 43.2 Å². The maximum absolute atomic E-state index is 11.1. The summed E-state index contributed by atoms with van der Waals surface area (Å²) in [6.45, 7) is 0.589. The number of aliphatic hydroxyl groups is 1. The van der Waals surface area contributed by atoms with Gasteiger partial charge in [-0.1, -0.05) is 18.2 Å². The van der Waals surface area contributed by atoms with Gasteiger partial charge in [0.05, 0.1) is 12.7 Å². The molecule has 1 aliphatic rings. The van der Waals surface area contributed by atoms with E-state index in [0.717, 1.165) is 5.75 Å². The molecule has 25 heavy (non-hydrogen) atoms. The van der Waals surface area contributed by atoms with Gasteiger partial charge in [0.2, 0.25) is 0 Å². The van der Waals surface area contributed by atoms with Crippen LogP contribution < -0.4 is 9.47 Å². The second kappa shape index (κ2) is 7.03. The number of rotatable bonds is 4. The molecule has 1 aliphatic heterocycles. The molecule has 6 nitrogen and oxygen atoms in total. The average molecular weight is 343 g/mol. The van der Waals surface area contributed by atoms with E-state index in [4.69, 9.17) is 14.6 Å². The number of carbonyl (C=O) groups is 1. The lowest BCUT2D eigenvalue weighted by atomic mass is 9.84. The van der Waals surface area contributed by atoms with Crippen molar-refractivity contribution in [3.63, 3.8) is 0 Å². The number of nitrogens with zero attached hydrogens (tertiary/aromatic N) is 1. The van der Waals surface area contributed by atoms with Crippen LogP contribution >= 0.6 is 0 Å². The van der Waals surface area contributed by atoms with Gasteiger partial charge >= 0.3 is 6.09 Å². The molecule has 0 spiro atoms. The minimum atomic E-state index is -1.10. The molecule has 0 radical (unpaired) electrons. The summed E-state index contributed by atoms with van der Waals surface area (Å²) in [5, 5.41) is 20.1. The Morgan fingerprint density at radius 3 is 2.24 bits per heavy atom. The van der Waals surface area contributed by atoms with Crippen LogP contribution in [0.1, 0.15) is 18.4 Å². The fourth-order valence-corrected chi connectivity index (χ4v) is 3.05. The lowest BCUT2D eigenvalue weighted by molar-refractivity contribution is -0.0225. The first-order chi connectivity index (χ1) is 12.0. The molecule has 2 aromatic rings. The number of hydrogen-bond acceptors (Lipinski definition) is 4. The first kappa shape index (κ1) is 17.1. The number of piperidine rings is 1. The van der Waals surface area contributed by atoms with Crippen LogP contribution in [0.5, 0.6) is 17.2 Å². The number of methoxy groups -OCH3 is 1. The zero-order valence-corrected chi connectivity index (χ0v) is 14.0. The molecule has 0 unspecified atom stereocenters. The molecular formula is C19H21NO5.